The zero-order valence-corrected chi connectivity index (χ0v) is 16.8. The molecule has 0 radical (unpaired) electrons. The molecule has 1 aliphatic heterocycles. The van der Waals surface area contributed by atoms with Gasteiger partial charge in [-0.2, -0.15) is 5.10 Å². The van der Waals surface area contributed by atoms with Crippen LogP contribution >= 0.6 is 0 Å². The van der Waals surface area contributed by atoms with Crippen molar-refractivity contribution in [2.24, 2.45) is 0 Å². The first kappa shape index (κ1) is 18.3. The van der Waals surface area contributed by atoms with E-state index >= 15 is 0 Å². The lowest BCUT2D eigenvalue weighted by molar-refractivity contribution is 0.0665. The number of rotatable bonds is 3. The van der Waals surface area contributed by atoms with Crippen molar-refractivity contribution in [1.29, 1.82) is 0 Å². The van der Waals surface area contributed by atoms with E-state index in [9.17, 15) is 4.79 Å². The molecule has 5 nitrogen and oxygen atoms in total. The van der Waals surface area contributed by atoms with Crippen LogP contribution in [0, 0.1) is 6.92 Å². The highest BCUT2D eigenvalue weighted by atomic mass is 16.2. The third kappa shape index (κ3) is 3.28. The van der Waals surface area contributed by atoms with E-state index in [1.165, 1.54) is 5.56 Å². The van der Waals surface area contributed by atoms with Crippen molar-refractivity contribution in [3.63, 3.8) is 0 Å². The van der Waals surface area contributed by atoms with Crippen LogP contribution in [0.15, 0.2) is 54.7 Å². The normalized spacial score (nSPS) is 16.6. The first-order chi connectivity index (χ1) is 13.3. The number of H-pyrrole nitrogens is 1. The van der Waals surface area contributed by atoms with Crippen molar-refractivity contribution in [2.45, 2.75) is 45.8 Å². The molecule has 2 heterocycles. The minimum atomic E-state index is -0.281. The number of carbonyl (C=O) groups excluding carboxylic acids is 1. The summed E-state index contributed by atoms with van der Waals surface area (Å²) in [6.45, 7) is 9.03. The van der Waals surface area contributed by atoms with E-state index < -0.39 is 0 Å². The van der Waals surface area contributed by atoms with Crippen LogP contribution in [0.1, 0.15) is 59.7 Å². The van der Waals surface area contributed by atoms with Gasteiger partial charge in [0.25, 0.3) is 5.91 Å². The lowest BCUT2D eigenvalue weighted by Crippen LogP contribution is -2.43. The standard InChI is InChI=1S/C23H26N4O/c1-15-9-11-16(12-10-15)14-27-21(18-13-24-26-20(18)23(2,3)4)25-19-8-6-5-7-17(19)22(27)28/h5-13,21,25H,14H2,1-4H3,(H,24,26)/t21-/m1/s1. The van der Waals surface area contributed by atoms with Crippen LogP contribution in [0.25, 0.3) is 0 Å². The first-order valence-electron chi connectivity index (χ1n) is 9.60. The van der Waals surface area contributed by atoms with Gasteiger partial charge < -0.3 is 10.2 Å². The number of aromatic nitrogens is 2. The van der Waals surface area contributed by atoms with Crippen LogP contribution < -0.4 is 5.32 Å². The Bertz CT molecular complexity index is 998. The molecule has 1 amide bonds. The van der Waals surface area contributed by atoms with Crippen LogP contribution in [0.3, 0.4) is 0 Å². The van der Waals surface area contributed by atoms with Crippen molar-refractivity contribution in [3.8, 4) is 0 Å². The molecule has 2 aromatic carbocycles. The molecule has 3 aromatic rings. The summed E-state index contributed by atoms with van der Waals surface area (Å²) in [4.78, 5) is 15.3. The number of amides is 1. The molecular formula is C23H26N4O. The molecule has 0 saturated carbocycles. The highest BCUT2D eigenvalue weighted by Gasteiger charge is 2.36. The Kier molecular flexibility index (Phi) is 4.46. The van der Waals surface area contributed by atoms with Crippen LogP contribution in [-0.4, -0.2) is 21.0 Å². The summed E-state index contributed by atoms with van der Waals surface area (Å²) >= 11 is 0. The summed E-state index contributed by atoms with van der Waals surface area (Å²) in [6, 6.07) is 16.0. The van der Waals surface area contributed by atoms with Crippen molar-refractivity contribution in [2.75, 3.05) is 5.32 Å². The highest BCUT2D eigenvalue weighted by molar-refractivity contribution is 6.01. The lowest BCUT2D eigenvalue weighted by atomic mass is 9.88. The van der Waals surface area contributed by atoms with E-state index in [1.807, 2.05) is 35.4 Å². The quantitative estimate of drug-likeness (QED) is 0.693. The summed E-state index contributed by atoms with van der Waals surface area (Å²) in [7, 11) is 0. The predicted molar refractivity (Wildman–Crippen MR) is 111 cm³/mol. The van der Waals surface area contributed by atoms with Gasteiger partial charge in [0, 0.05) is 28.9 Å². The third-order valence-electron chi connectivity index (χ3n) is 5.21. The molecule has 0 saturated heterocycles. The fourth-order valence-corrected chi connectivity index (χ4v) is 3.70. The average Bonchev–Trinajstić information content (AvgIpc) is 3.16. The molecule has 5 heteroatoms. The number of hydrogen-bond donors (Lipinski definition) is 2. The molecule has 0 fully saturated rings. The molecular weight excluding hydrogens is 348 g/mol. The maximum Gasteiger partial charge on any atom is 0.258 e. The number of nitrogens with zero attached hydrogens (tertiary/aromatic N) is 2. The molecule has 28 heavy (non-hydrogen) atoms. The summed E-state index contributed by atoms with van der Waals surface area (Å²) < 4.78 is 0. The number of benzene rings is 2. The Morgan fingerprint density at radius 1 is 1.07 bits per heavy atom. The van der Waals surface area contributed by atoms with Gasteiger partial charge in [0.2, 0.25) is 0 Å². The van der Waals surface area contributed by atoms with Crippen LogP contribution in [0.4, 0.5) is 5.69 Å². The van der Waals surface area contributed by atoms with E-state index in [0.29, 0.717) is 12.1 Å². The Hall–Kier alpha value is -3.08. The number of aryl methyl sites for hydroxylation is 1. The summed E-state index contributed by atoms with van der Waals surface area (Å²) in [5.41, 5.74) is 5.80. The maximum absolute atomic E-state index is 13.4. The van der Waals surface area contributed by atoms with Gasteiger partial charge in [0.1, 0.15) is 6.17 Å². The van der Waals surface area contributed by atoms with Gasteiger partial charge in [-0.3, -0.25) is 9.89 Å². The molecule has 1 aliphatic rings. The fraction of sp³-hybridized carbons (Fsp3) is 0.304. The average molecular weight is 374 g/mol. The number of aromatic amines is 1. The fourth-order valence-electron chi connectivity index (χ4n) is 3.70. The second kappa shape index (κ2) is 6.82. The van der Waals surface area contributed by atoms with Gasteiger partial charge in [-0.05, 0) is 24.6 Å². The maximum atomic E-state index is 13.4. The van der Waals surface area contributed by atoms with Crippen molar-refractivity contribution < 1.29 is 4.79 Å². The van der Waals surface area contributed by atoms with E-state index in [2.05, 4.69) is 67.5 Å². The summed E-state index contributed by atoms with van der Waals surface area (Å²) in [5, 5.41) is 11.0. The van der Waals surface area contributed by atoms with Gasteiger partial charge in [0.15, 0.2) is 0 Å². The zero-order valence-electron chi connectivity index (χ0n) is 16.8. The van der Waals surface area contributed by atoms with Crippen molar-refractivity contribution in [1.82, 2.24) is 15.1 Å². The molecule has 1 atom stereocenters. The first-order valence-corrected chi connectivity index (χ1v) is 9.60. The lowest BCUT2D eigenvalue weighted by Gasteiger charge is -2.39. The highest BCUT2D eigenvalue weighted by Crippen LogP contribution is 2.37. The molecule has 144 valence electrons. The zero-order chi connectivity index (χ0) is 19.9. The minimum absolute atomic E-state index is 0.0287. The monoisotopic (exact) mass is 374 g/mol. The Balaban J connectivity index is 1.79. The largest absolute Gasteiger partial charge is 0.361 e. The molecule has 1 aromatic heterocycles. The topological polar surface area (TPSA) is 61.0 Å². The number of anilines is 1. The van der Waals surface area contributed by atoms with E-state index in [-0.39, 0.29) is 17.5 Å². The van der Waals surface area contributed by atoms with Crippen molar-refractivity contribution in [3.05, 3.63) is 82.7 Å². The van der Waals surface area contributed by atoms with Crippen LogP contribution in [-0.2, 0) is 12.0 Å². The van der Waals surface area contributed by atoms with Gasteiger partial charge >= 0.3 is 0 Å². The van der Waals surface area contributed by atoms with Crippen LogP contribution in [0.2, 0.25) is 0 Å². The SMILES string of the molecule is Cc1ccc(CN2C(=O)c3ccccc3N[C@H]2c2cn[nH]c2C(C)(C)C)cc1. The second-order valence-electron chi connectivity index (χ2n) is 8.46. The minimum Gasteiger partial charge on any atom is -0.361 e. The number of hydrogen-bond acceptors (Lipinski definition) is 3. The number of para-hydroxylation sites is 1. The van der Waals surface area contributed by atoms with E-state index in [0.717, 1.165) is 22.5 Å². The van der Waals surface area contributed by atoms with Crippen LogP contribution in [0.5, 0.6) is 0 Å². The van der Waals surface area contributed by atoms with Gasteiger partial charge in [-0.15, -0.1) is 0 Å². The second-order valence-corrected chi connectivity index (χ2v) is 8.46. The summed E-state index contributed by atoms with van der Waals surface area (Å²) in [6.07, 6.45) is 1.55. The Morgan fingerprint density at radius 3 is 2.50 bits per heavy atom. The molecule has 2 N–H and O–H groups in total. The van der Waals surface area contributed by atoms with Gasteiger partial charge in [-0.1, -0.05) is 62.7 Å². The molecule has 0 unspecified atom stereocenters. The summed E-state index contributed by atoms with van der Waals surface area (Å²) in [5.74, 6) is 0.0287. The molecule has 0 spiro atoms. The predicted octanol–water partition coefficient (Wildman–Crippen LogP) is 4.78. The molecule has 4 rings (SSSR count). The molecule has 0 aliphatic carbocycles. The number of carbonyl (C=O) groups is 1. The number of nitrogens with one attached hydrogen (secondary N) is 2. The molecule has 0 bridgehead atoms. The van der Waals surface area contributed by atoms with Gasteiger partial charge in [0.05, 0.1) is 11.8 Å². The number of fused-ring (bicyclic) bond motifs is 1. The third-order valence-corrected chi connectivity index (χ3v) is 5.21. The Labute approximate surface area is 165 Å². The van der Waals surface area contributed by atoms with E-state index in [4.69, 9.17) is 0 Å². The smallest absolute Gasteiger partial charge is 0.258 e. The van der Waals surface area contributed by atoms with Gasteiger partial charge in [-0.25, -0.2) is 0 Å². The van der Waals surface area contributed by atoms with Crippen molar-refractivity contribution >= 4 is 11.6 Å². The van der Waals surface area contributed by atoms with E-state index in [1.54, 1.807) is 0 Å². The Morgan fingerprint density at radius 2 is 1.79 bits per heavy atom.